The first kappa shape index (κ1) is 14.5. The monoisotopic (exact) mass is 280 g/mol. The number of carbonyl (C=O) groups is 2. The summed E-state index contributed by atoms with van der Waals surface area (Å²) in [4.78, 5) is 33.6. The fourth-order valence-electron chi connectivity index (χ4n) is 2.35. The van der Waals surface area contributed by atoms with Crippen LogP contribution in [0.25, 0.3) is 0 Å². The van der Waals surface area contributed by atoms with Crippen molar-refractivity contribution in [1.82, 2.24) is 19.8 Å². The standard InChI is InChI=1S/C13H20N4O3/c1-13(2,3)17-6-4-16(5-7-17)11(18)9-10(12(19)20)15-8-14-9/h8H,4-7H2,1-3H3,(H,14,15)(H,19,20). The molecule has 7 nitrogen and oxygen atoms in total. The molecule has 1 aliphatic rings. The van der Waals surface area contributed by atoms with Gasteiger partial charge in [-0.2, -0.15) is 0 Å². The quantitative estimate of drug-likeness (QED) is 0.831. The third kappa shape index (κ3) is 2.82. The second kappa shape index (κ2) is 5.24. The van der Waals surface area contributed by atoms with Crippen LogP contribution in [0.3, 0.4) is 0 Å². The van der Waals surface area contributed by atoms with Crippen LogP contribution in [-0.4, -0.2) is 68.5 Å². The van der Waals surface area contributed by atoms with Crippen molar-refractivity contribution < 1.29 is 14.7 Å². The van der Waals surface area contributed by atoms with Crippen LogP contribution in [0.5, 0.6) is 0 Å². The molecule has 110 valence electrons. The fraction of sp³-hybridized carbons (Fsp3) is 0.615. The Morgan fingerprint density at radius 2 is 1.85 bits per heavy atom. The van der Waals surface area contributed by atoms with E-state index in [9.17, 15) is 9.59 Å². The molecule has 0 radical (unpaired) electrons. The van der Waals surface area contributed by atoms with E-state index in [1.807, 2.05) is 0 Å². The minimum atomic E-state index is -1.17. The summed E-state index contributed by atoms with van der Waals surface area (Å²) in [5, 5.41) is 9.00. The molecule has 0 aliphatic carbocycles. The number of rotatable bonds is 2. The molecule has 2 rings (SSSR count). The molecule has 20 heavy (non-hydrogen) atoms. The van der Waals surface area contributed by atoms with Crippen molar-refractivity contribution in [2.75, 3.05) is 26.2 Å². The van der Waals surface area contributed by atoms with Crippen LogP contribution in [0.1, 0.15) is 41.7 Å². The fourth-order valence-corrected chi connectivity index (χ4v) is 2.35. The maximum absolute atomic E-state index is 12.3. The molecule has 1 aliphatic heterocycles. The largest absolute Gasteiger partial charge is 0.477 e. The third-order valence-corrected chi connectivity index (χ3v) is 3.57. The highest BCUT2D eigenvalue weighted by molar-refractivity contribution is 6.02. The van der Waals surface area contributed by atoms with Gasteiger partial charge in [0.25, 0.3) is 5.91 Å². The molecule has 2 heterocycles. The van der Waals surface area contributed by atoms with Crippen molar-refractivity contribution in [1.29, 1.82) is 0 Å². The van der Waals surface area contributed by atoms with Gasteiger partial charge in [0.15, 0.2) is 11.4 Å². The van der Waals surface area contributed by atoms with E-state index < -0.39 is 5.97 Å². The van der Waals surface area contributed by atoms with Crippen LogP contribution in [0.15, 0.2) is 6.33 Å². The summed E-state index contributed by atoms with van der Waals surface area (Å²) < 4.78 is 0. The van der Waals surface area contributed by atoms with Crippen LogP contribution in [0.4, 0.5) is 0 Å². The van der Waals surface area contributed by atoms with Crippen LogP contribution in [0, 0.1) is 0 Å². The Balaban J connectivity index is 2.05. The van der Waals surface area contributed by atoms with Crippen LogP contribution in [-0.2, 0) is 0 Å². The summed E-state index contributed by atoms with van der Waals surface area (Å²) in [5.74, 6) is -1.49. The molecule has 0 atom stereocenters. The Kier molecular flexibility index (Phi) is 3.80. The van der Waals surface area contributed by atoms with Crippen LogP contribution in [0.2, 0.25) is 0 Å². The zero-order chi connectivity index (χ0) is 14.9. The van der Waals surface area contributed by atoms with Gasteiger partial charge in [0, 0.05) is 31.7 Å². The molecule has 2 N–H and O–H groups in total. The predicted octanol–water partition coefficient (Wildman–Crippen LogP) is 0.664. The lowest BCUT2D eigenvalue weighted by Gasteiger charge is -2.42. The number of aromatic nitrogens is 2. The molecular formula is C13H20N4O3. The van der Waals surface area contributed by atoms with Gasteiger partial charge in [-0.25, -0.2) is 9.78 Å². The molecular weight excluding hydrogens is 260 g/mol. The highest BCUT2D eigenvalue weighted by Crippen LogP contribution is 2.17. The van der Waals surface area contributed by atoms with Crippen molar-refractivity contribution in [2.24, 2.45) is 0 Å². The van der Waals surface area contributed by atoms with Crippen molar-refractivity contribution in [3.63, 3.8) is 0 Å². The summed E-state index contributed by atoms with van der Waals surface area (Å²) in [6.07, 6.45) is 1.24. The van der Waals surface area contributed by atoms with E-state index in [2.05, 4.69) is 35.6 Å². The number of carboxylic acids is 1. The van der Waals surface area contributed by atoms with Gasteiger partial charge in [-0.3, -0.25) is 9.69 Å². The molecule has 1 aromatic heterocycles. The molecule has 1 saturated heterocycles. The highest BCUT2D eigenvalue weighted by atomic mass is 16.4. The van der Waals surface area contributed by atoms with Gasteiger partial charge in [-0.1, -0.05) is 0 Å². The van der Waals surface area contributed by atoms with E-state index in [0.717, 1.165) is 13.1 Å². The van der Waals surface area contributed by atoms with Gasteiger partial charge in [-0.05, 0) is 20.8 Å². The number of piperazine rings is 1. The molecule has 1 fully saturated rings. The van der Waals surface area contributed by atoms with Crippen molar-refractivity contribution in [2.45, 2.75) is 26.3 Å². The molecule has 0 unspecified atom stereocenters. The number of aromatic amines is 1. The second-order valence-electron chi connectivity index (χ2n) is 5.88. The van der Waals surface area contributed by atoms with Crippen molar-refractivity contribution >= 4 is 11.9 Å². The number of H-pyrrole nitrogens is 1. The maximum Gasteiger partial charge on any atom is 0.354 e. The highest BCUT2D eigenvalue weighted by Gasteiger charge is 2.30. The predicted molar refractivity (Wildman–Crippen MR) is 72.8 cm³/mol. The van der Waals surface area contributed by atoms with Crippen LogP contribution < -0.4 is 0 Å². The second-order valence-corrected chi connectivity index (χ2v) is 5.88. The third-order valence-electron chi connectivity index (χ3n) is 3.57. The molecule has 0 saturated carbocycles. The normalized spacial score (nSPS) is 17.2. The SMILES string of the molecule is CC(C)(C)N1CCN(C(=O)c2nc[nH]c2C(=O)O)CC1. The summed E-state index contributed by atoms with van der Waals surface area (Å²) in [6.45, 7) is 9.15. The summed E-state index contributed by atoms with van der Waals surface area (Å²) in [7, 11) is 0. The molecule has 1 amide bonds. The zero-order valence-electron chi connectivity index (χ0n) is 12.0. The number of amides is 1. The zero-order valence-corrected chi connectivity index (χ0v) is 12.0. The molecule has 0 spiro atoms. The number of imidazole rings is 1. The summed E-state index contributed by atoms with van der Waals surface area (Å²) >= 11 is 0. The lowest BCUT2D eigenvalue weighted by atomic mass is 10.0. The van der Waals surface area contributed by atoms with Crippen molar-refractivity contribution in [3.05, 3.63) is 17.7 Å². The van der Waals surface area contributed by atoms with Gasteiger partial charge in [0.2, 0.25) is 0 Å². The Hall–Kier alpha value is -1.89. The lowest BCUT2D eigenvalue weighted by Crippen LogP contribution is -2.54. The van der Waals surface area contributed by atoms with E-state index in [-0.39, 0.29) is 22.8 Å². The lowest BCUT2D eigenvalue weighted by molar-refractivity contribution is 0.0442. The number of hydrogen-bond acceptors (Lipinski definition) is 4. The first-order chi connectivity index (χ1) is 9.30. The van der Waals surface area contributed by atoms with E-state index in [4.69, 9.17) is 5.11 Å². The number of aromatic carboxylic acids is 1. The Bertz CT molecular complexity index is 510. The number of hydrogen-bond donors (Lipinski definition) is 2. The minimum absolute atomic E-state index is 0.0123. The molecule has 0 aromatic carbocycles. The van der Waals surface area contributed by atoms with Gasteiger partial charge in [0.05, 0.1) is 6.33 Å². The smallest absolute Gasteiger partial charge is 0.354 e. The summed E-state index contributed by atoms with van der Waals surface area (Å²) in [6, 6.07) is 0. The van der Waals surface area contributed by atoms with E-state index in [1.165, 1.54) is 6.33 Å². The van der Waals surface area contributed by atoms with E-state index in [1.54, 1.807) is 4.90 Å². The average Bonchev–Trinajstić information content (AvgIpc) is 2.86. The van der Waals surface area contributed by atoms with Gasteiger partial charge < -0.3 is 15.0 Å². The Labute approximate surface area is 117 Å². The number of carbonyl (C=O) groups excluding carboxylic acids is 1. The van der Waals surface area contributed by atoms with E-state index >= 15 is 0 Å². The topological polar surface area (TPSA) is 89.5 Å². The van der Waals surface area contributed by atoms with Crippen molar-refractivity contribution in [3.8, 4) is 0 Å². The van der Waals surface area contributed by atoms with E-state index in [0.29, 0.717) is 13.1 Å². The Morgan fingerprint density at radius 3 is 2.35 bits per heavy atom. The number of nitrogens with one attached hydrogen (secondary N) is 1. The first-order valence-electron chi connectivity index (χ1n) is 6.61. The number of nitrogens with zero attached hydrogens (tertiary/aromatic N) is 3. The van der Waals surface area contributed by atoms with Gasteiger partial charge in [-0.15, -0.1) is 0 Å². The Morgan fingerprint density at radius 1 is 1.25 bits per heavy atom. The van der Waals surface area contributed by atoms with Gasteiger partial charge >= 0.3 is 5.97 Å². The van der Waals surface area contributed by atoms with Gasteiger partial charge in [0.1, 0.15) is 0 Å². The minimum Gasteiger partial charge on any atom is -0.477 e. The molecule has 7 heteroatoms. The summed E-state index contributed by atoms with van der Waals surface area (Å²) in [5.41, 5.74) is -0.0804. The number of carboxylic acid groups (broad SMARTS) is 1. The molecule has 1 aromatic rings. The molecule has 0 bridgehead atoms. The maximum atomic E-state index is 12.3. The first-order valence-corrected chi connectivity index (χ1v) is 6.61. The average molecular weight is 280 g/mol. The van der Waals surface area contributed by atoms with Crippen LogP contribution >= 0.6 is 0 Å².